The van der Waals surface area contributed by atoms with E-state index in [0.717, 1.165) is 41.9 Å². The Morgan fingerprint density at radius 1 is 1.36 bits per heavy atom. The van der Waals surface area contributed by atoms with Gasteiger partial charge in [0, 0.05) is 36.0 Å². The summed E-state index contributed by atoms with van der Waals surface area (Å²) in [7, 11) is 0. The Morgan fingerprint density at radius 3 is 2.75 bits per heavy atom. The van der Waals surface area contributed by atoms with E-state index in [1.807, 2.05) is 13.8 Å². The number of carbonyl (C=O) groups excluding carboxylic acids is 2. The van der Waals surface area contributed by atoms with Crippen molar-refractivity contribution in [2.45, 2.75) is 79.4 Å². The molecule has 1 N–H and O–H groups in total. The third-order valence-electron chi connectivity index (χ3n) is 5.44. The van der Waals surface area contributed by atoms with Gasteiger partial charge >= 0.3 is 0 Å². The van der Waals surface area contributed by atoms with Crippen LogP contribution >= 0.6 is 0 Å². The lowest BCUT2D eigenvalue weighted by Crippen LogP contribution is -2.37. The molecule has 7 nitrogen and oxygen atoms in total. The van der Waals surface area contributed by atoms with E-state index in [2.05, 4.69) is 40.7 Å². The average Bonchev–Trinajstić information content (AvgIpc) is 3.16. The number of fused-ring (bicyclic) bond motifs is 1. The molecule has 2 aromatic heterocycles. The molecule has 0 radical (unpaired) electrons. The minimum atomic E-state index is -0.0716. The Labute approximate surface area is 166 Å². The summed E-state index contributed by atoms with van der Waals surface area (Å²) in [5.74, 6) is 0.104. The molecular formula is C21H31N5O2. The van der Waals surface area contributed by atoms with Gasteiger partial charge in [0.2, 0.25) is 5.91 Å². The second-order valence-corrected chi connectivity index (χ2v) is 8.74. The van der Waals surface area contributed by atoms with Gasteiger partial charge in [0.15, 0.2) is 5.78 Å². The quantitative estimate of drug-likeness (QED) is 0.794. The van der Waals surface area contributed by atoms with Crippen LogP contribution in [0.25, 0.3) is 0 Å². The number of Topliss-reactive ketones (excluding diaryl/α,β-unsaturated/α-hetero) is 1. The summed E-state index contributed by atoms with van der Waals surface area (Å²) in [6.45, 7) is 11.8. The van der Waals surface area contributed by atoms with Crippen LogP contribution in [0, 0.1) is 12.3 Å². The minimum Gasteiger partial charge on any atom is -0.351 e. The van der Waals surface area contributed by atoms with Crippen LogP contribution in [0.2, 0.25) is 0 Å². The smallest absolute Gasteiger partial charge is 0.224 e. The molecule has 1 atom stereocenters. The van der Waals surface area contributed by atoms with Crippen molar-refractivity contribution >= 4 is 11.7 Å². The molecule has 0 saturated heterocycles. The van der Waals surface area contributed by atoms with Gasteiger partial charge in [-0.15, -0.1) is 0 Å². The number of aromatic nitrogens is 4. The first-order chi connectivity index (χ1) is 13.2. The van der Waals surface area contributed by atoms with Crippen LogP contribution in [0.4, 0.5) is 0 Å². The molecule has 0 saturated carbocycles. The van der Waals surface area contributed by atoms with Gasteiger partial charge in [0.1, 0.15) is 12.7 Å². The monoisotopic (exact) mass is 385 g/mol. The summed E-state index contributed by atoms with van der Waals surface area (Å²) in [6.07, 6.45) is 5.75. The lowest BCUT2D eigenvalue weighted by molar-refractivity contribution is -0.121. The summed E-state index contributed by atoms with van der Waals surface area (Å²) < 4.78 is 3.96. The van der Waals surface area contributed by atoms with Crippen molar-refractivity contribution in [2.24, 2.45) is 5.41 Å². The third kappa shape index (κ3) is 4.18. The zero-order chi connectivity index (χ0) is 20.5. The average molecular weight is 386 g/mol. The maximum absolute atomic E-state index is 12.9. The molecule has 2 aromatic rings. The molecule has 0 fully saturated rings. The lowest BCUT2D eigenvalue weighted by Gasteiger charge is -2.30. The van der Waals surface area contributed by atoms with E-state index in [-0.39, 0.29) is 29.6 Å². The predicted octanol–water partition coefficient (Wildman–Crippen LogP) is 2.70. The van der Waals surface area contributed by atoms with E-state index >= 15 is 0 Å². The summed E-state index contributed by atoms with van der Waals surface area (Å²) in [5, 5.41) is 7.10. The number of carbonyl (C=O) groups is 2. The number of hydrogen-bond donors (Lipinski definition) is 1. The number of rotatable bonds is 7. The summed E-state index contributed by atoms with van der Waals surface area (Å²) >= 11 is 0. The van der Waals surface area contributed by atoms with Crippen molar-refractivity contribution in [3.63, 3.8) is 0 Å². The van der Waals surface area contributed by atoms with Crippen molar-refractivity contribution in [3.8, 4) is 0 Å². The van der Waals surface area contributed by atoms with Gasteiger partial charge in [-0.25, -0.2) is 4.98 Å². The number of nitrogens with zero attached hydrogens (tertiary/aromatic N) is 4. The topological polar surface area (TPSA) is 81.8 Å². The first kappa shape index (κ1) is 20.3. The van der Waals surface area contributed by atoms with Crippen LogP contribution in [0.3, 0.4) is 0 Å². The van der Waals surface area contributed by atoms with Gasteiger partial charge in [-0.2, -0.15) is 5.10 Å². The van der Waals surface area contributed by atoms with Crippen LogP contribution in [-0.2, 0) is 30.7 Å². The van der Waals surface area contributed by atoms with Crippen LogP contribution in [-0.4, -0.2) is 37.1 Å². The Hall–Kier alpha value is -2.44. The van der Waals surface area contributed by atoms with Crippen LogP contribution in [0.1, 0.15) is 67.8 Å². The molecule has 152 valence electrons. The van der Waals surface area contributed by atoms with Crippen molar-refractivity contribution in [1.82, 2.24) is 24.6 Å². The van der Waals surface area contributed by atoms with E-state index in [1.54, 1.807) is 11.0 Å². The number of nitrogens with one attached hydrogen (secondary N) is 1. The fraction of sp³-hybridized carbons (Fsp3) is 0.619. The molecule has 7 heteroatoms. The summed E-state index contributed by atoms with van der Waals surface area (Å²) in [5.41, 5.74) is 3.82. The van der Waals surface area contributed by atoms with Gasteiger partial charge in [-0.1, -0.05) is 20.8 Å². The maximum Gasteiger partial charge on any atom is 0.224 e. The van der Waals surface area contributed by atoms with E-state index < -0.39 is 0 Å². The Kier molecular flexibility index (Phi) is 5.72. The van der Waals surface area contributed by atoms with Gasteiger partial charge in [-0.05, 0) is 37.7 Å². The molecule has 2 heterocycles. The molecule has 1 unspecified atom stereocenters. The molecule has 3 rings (SSSR count). The fourth-order valence-electron chi connectivity index (χ4n) is 4.29. The van der Waals surface area contributed by atoms with Gasteiger partial charge in [0.25, 0.3) is 0 Å². The third-order valence-corrected chi connectivity index (χ3v) is 5.44. The summed E-state index contributed by atoms with van der Waals surface area (Å²) in [4.78, 5) is 29.6. The molecule has 0 spiro atoms. The predicted molar refractivity (Wildman–Crippen MR) is 107 cm³/mol. The first-order valence-electron chi connectivity index (χ1n) is 10.1. The van der Waals surface area contributed by atoms with Crippen molar-refractivity contribution < 1.29 is 9.59 Å². The normalized spacial score (nSPS) is 16.7. The number of hydrogen-bond acceptors (Lipinski definition) is 4. The molecule has 0 aromatic carbocycles. The van der Waals surface area contributed by atoms with E-state index in [0.29, 0.717) is 13.0 Å². The van der Waals surface area contributed by atoms with Gasteiger partial charge in [-0.3, -0.25) is 14.3 Å². The Bertz CT molecular complexity index is 864. The first-order valence-corrected chi connectivity index (χ1v) is 10.1. The van der Waals surface area contributed by atoms with Crippen LogP contribution < -0.4 is 5.32 Å². The Morgan fingerprint density at radius 2 is 2.11 bits per heavy atom. The molecule has 1 aliphatic carbocycles. The molecule has 1 aliphatic rings. The zero-order valence-electron chi connectivity index (χ0n) is 17.6. The molecule has 28 heavy (non-hydrogen) atoms. The lowest BCUT2D eigenvalue weighted by atomic mass is 9.75. The Balaban J connectivity index is 1.81. The molecular weight excluding hydrogens is 354 g/mol. The minimum absolute atomic E-state index is 0.0355. The molecule has 1 amide bonds. The highest BCUT2D eigenvalue weighted by atomic mass is 16.1. The largest absolute Gasteiger partial charge is 0.351 e. The molecule has 0 aliphatic heterocycles. The highest BCUT2D eigenvalue weighted by Crippen LogP contribution is 2.39. The van der Waals surface area contributed by atoms with Crippen LogP contribution in [0.5, 0.6) is 0 Å². The van der Waals surface area contributed by atoms with E-state index in [9.17, 15) is 9.59 Å². The van der Waals surface area contributed by atoms with E-state index in [4.69, 9.17) is 0 Å². The van der Waals surface area contributed by atoms with Gasteiger partial charge in [0.05, 0.1) is 13.0 Å². The molecule has 0 bridgehead atoms. The maximum atomic E-state index is 12.9. The van der Waals surface area contributed by atoms with Crippen molar-refractivity contribution in [2.75, 3.05) is 0 Å². The van der Waals surface area contributed by atoms with E-state index in [1.165, 1.54) is 6.33 Å². The fourth-order valence-corrected chi connectivity index (χ4v) is 4.29. The SMILES string of the molecule is CCCn1c(C)c(CC(=O)NC(C)Cn2cncn2)c2c1CC(C)(C)CC2=O. The van der Waals surface area contributed by atoms with Crippen molar-refractivity contribution in [1.29, 1.82) is 0 Å². The summed E-state index contributed by atoms with van der Waals surface area (Å²) in [6, 6.07) is -0.0716. The standard InChI is InChI=1S/C21H31N5O2/c1-6-7-26-15(3)16(20-17(26)9-21(4,5)10-18(20)27)8-19(28)24-14(2)11-25-13-22-12-23-25/h12-14H,6-11H2,1-5H3,(H,24,28). The van der Waals surface area contributed by atoms with Crippen LogP contribution in [0.15, 0.2) is 12.7 Å². The van der Waals surface area contributed by atoms with Crippen molar-refractivity contribution in [3.05, 3.63) is 35.2 Å². The van der Waals surface area contributed by atoms with Gasteiger partial charge < -0.3 is 9.88 Å². The number of amides is 1. The second-order valence-electron chi connectivity index (χ2n) is 8.74. The second kappa shape index (κ2) is 7.89. The zero-order valence-corrected chi connectivity index (χ0v) is 17.6. The number of ketones is 1. The highest BCUT2D eigenvalue weighted by Gasteiger charge is 2.36. The highest BCUT2D eigenvalue weighted by molar-refractivity contribution is 6.01.